The van der Waals surface area contributed by atoms with Crippen molar-refractivity contribution in [2.75, 3.05) is 45.2 Å². The predicted molar refractivity (Wildman–Crippen MR) is 77.6 cm³/mol. The standard InChI is InChI=1S/C14H26N4O/c1-13(12-17-8-3-4-9-17)18-10-7-16-14(18)15-6-5-11-19-2/h7,10,13H,3-6,8-9,11-12H2,1-2H3,(H,15,16). The van der Waals surface area contributed by atoms with E-state index in [0.29, 0.717) is 6.04 Å². The highest BCUT2D eigenvalue weighted by atomic mass is 16.5. The monoisotopic (exact) mass is 266 g/mol. The van der Waals surface area contributed by atoms with Gasteiger partial charge in [0.1, 0.15) is 0 Å². The van der Waals surface area contributed by atoms with Gasteiger partial charge in [-0.1, -0.05) is 0 Å². The van der Waals surface area contributed by atoms with Crippen LogP contribution in [-0.4, -0.2) is 54.3 Å². The summed E-state index contributed by atoms with van der Waals surface area (Å²) in [6.45, 7) is 7.56. The molecule has 1 aliphatic heterocycles. The summed E-state index contributed by atoms with van der Waals surface area (Å²) in [6, 6.07) is 0.463. The molecule has 0 bridgehead atoms. The van der Waals surface area contributed by atoms with Gasteiger partial charge in [0.05, 0.1) is 0 Å². The van der Waals surface area contributed by atoms with E-state index < -0.39 is 0 Å². The van der Waals surface area contributed by atoms with E-state index in [0.717, 1.165) is 32.1 Å². The summed E-state index contributed by atoms with van der Waals surface area (Å²) < 4.78 is 7.29. The fraction of sp³-hybridized carbons (Fsp3) is 0.786. The van der Waals surface area contributed by atoms with Crippen LogP contribution in [0.3, 0.4) is 0 Å². The number of hydrogen-bond acceptors (Lipinski definition) is 4. The molecule has 108 valence electrons. The van der Waals surface area contributed by atoms with E-state index in [1.165, 1.54) is 25.9 Å². The number of anilines is 1. The average Bonchev–Trinajstić information content (AvgIpc) is 3.05. The Labute approximate surface area is 116 Å². The number of rotatable bonds is 8. The molecule has 1 saturated heterocycles. The zero-order valence-corrected chi connectivity index (χ0v) is 12.1. The summed E-state index contributed by atoms with van der Waals surface area (Å²) >= 11 is 0. The van der Waals surface area contributed by atoms with Crippen molar-refractivity contribution >= 4 is 5.95 Å². The van der Waals surface area contributed by atoms with Crippen LogP contribution in [-0.2, 0) is 4.74 Å². The predicted octanol–water partition coefficient (Wildman–Crippen LogP) is 1.99. The fourth-order valence-electron chi connectivity index (χ4n) is 2.65. The van der Waals surface area contributed by atoms with Crippen molar-refractivity contribution in [1.29, 1.82) is 0 Å². The molecule has 0 saturated carbocycles. The molecule has 19 heavy (non-hydrogen) atoms. The van der Waals surface area contributed by atoms with E-state index in [4.69, 9.17) is 4.74 Å². The zero-order valence-electron chi connectivity index (χ0n) is 12.1. The van der Waals surface area contributed by atoms with Crippen LogP contribution in [0, 0.1) is 0 Å². The van der Waals surface area contributed by atoms with Gasteiger partial charge in [-0.15, -0.1) is 0 Å². The molecule has 0 aliphatic carbocycles. The minimum Gasteiger partial charge on any atom is -0.385 e. The van der Waals surface area contributed by atoms with Gasteiger partial charge in [-0.3, -0.25) is 0 Å². The first-order chi connectivity index (χ1) is 9.31. The van der Waals surface area contributed by atoms with Crippen LogP contribution >= 0.6 is 0 Å². The molecule has 1 atom stereocenters. The van der Waals surface area contributed by atoms with E-state index in [2.05, 4.69) is 32.9 Å². The summed E-state index contributed by atoms with van der Waals surface area (Å²) in [6.07, 6.45) is 7.64. The molecule has 0 radical (unpaired) electrons. The van der Waals surface area contributed by atoms with E-state index in [9.17, 15) is 0 Å². The molecule has 1 aliphatic rings. The smallest absolute Gasteiger partial charge is 0.203 e. The number of nitrogens with one attached hydrogen (secondary N) is 1. The van der Waals surface area contributed by atoms with Crippen LogP contribution in [0.1, 0.15) is 32.2 Å². The minimum absolute atomic E-state index is 0.463. The summed E-state index contributed by atoms with van der Waals surface area (Å²) in [4.78, 5) is 6.94. The summed E-state index contributed by atoms with van der Waals surface area (Å²) in [5.41, 5.74) is 0. The van der Waals surface area contributed by atoms with Gasteiger partial charge in [-0.05, 0) is 39.3 Å². The van der Waals surface area contributed by atoms with Crippen molar-refractivity contribution in [3.63, 3.8) is 0 Å². The lowest BCUT2D eigenvalue weighted by atomic mass is 10.3. The van der Waals surface area contributed by atoms with Crippen molar-refractivity contribution in [3.05, 3.63) is 12.4 Å². The van der Waals surface area contributed by atoms with E-state index in [1.807, 2.05) is 6.20 Å². The normalized spacial score (nSPS) is 17.8. The Morgan fingerprint density at radius 1 is 1.42 bits per heavy atom. The van der Waals surface area contributed by atoms with Crippen molar-refractivity contribution < 1.29 is 4.74 Å². The second kappa shape index (κ2) is 7.50. The van der Waals surface area contributed by atoms with E-state index >= 15 is 0 Å². The maximum atomic E-state index is 5.05. The summed E-state index contributed by atoms with van der Waals surface area (Å²) in [5.74, 6) is 0.975. The highest BCUT2D eigenvalue weighted by Crippen LogP contribution is 2.17. The van der Waals surface area contributed by atoms with Gasteiger partial charge in [-0.2, -0.15) is 0 Å². The van der Waals surface area contributed by atoms with Crippen molar-refractivity contribution in [2.24, 2.45) is 0 Å². The molecule has 1 aromatic heterocycles. The van der Waals surface area contributed by atoms with Gasteiger partial charge >= 0.3 is 0 Å². The molecule has 1 aromatic rings. The Morgan fingerprint density at radius 3 is 2.95 bits per heavy atom. The van der Waals surface area contributed by atoms with Crippen LogP contribution in [0.2, 0.25) is 0 Å². The summed E-state index contributed by atoms with van der Waals surface area (Å²) in [5, 5.41) is 3.39. The Hall–Kier alpha value is -1.07. The Bertz CT molecular complexity index is 360. The van der Waals surface area contributed by atoms with Gasteiger partial charge < -0.3 is 19.5 Å². The molecule has 5 heteroatoms. The largest absolute Gasteiger partial charge is 0.385 e. The molecule has 0 aromatic carbocycles. The molecule has 5 nitrogen and oxygen atoms in total. The third-order valence-corrected chi connectivity index (χ3v) is 3.67. The third-order valence-electron chi connectivity index (χ3n) is 3.67. The number of imidazole rings is 1. The van der Waals surface area contributed by atoms with Crippen LogP contribution in [0.5, 0.6) is 0 Å². The van der Waals surface area contributed by atoms with Gasteiger partial charge in [0.2, 0.25) is 5.95 Å². The second-order valence-corrected chi connectivity index (χ2v) is 5.29. The first kappa shape index (κ1) is 14.3. The lowest BCUT2D eigenvalue weighted by Crippen LogP contribution is -2.27. The molecule has 1 fully saturated rings. The Kier molecular flexibility index (Phi) is 5.66. The minimum atomic E-state index is 0.463. The van der Waals surface area contributed by atoms with Crippen LogP contribution in [0.4, 0.5) is 5.95 Å². The first-order valence-electron chi connectivity index (χ1n) is 7.29. The van der Waals surface area contributed by atoms with Crippen molar-refractivity contribution in [3.8, 4) is 0 Å². The number of aromatic nitrogens is 2. The number of nitrogens with zero attached hydrogens (tertiary/aromatic N) is 3. The van der Waals surface area contributed by atoms with Crippen molar-refractivity contribution in [2.45, 2.75) is 32.2 Å². The molecule has 1 unspecified atom stereocenters. The quantitative estimate of drug-likeness (QED) is 0.731. The molecule has 0 amide bonds. The number of hydrogen-bond donors (Lipinski definition) is 1. The number of ether oxygens (including phenoxy) is 1. The van der Waals surface area contributed by atoms with Gasteiger partial charge in [0.25, 0.3) is 0 Å². The average molecular weight is 266 g/mol. The van der Waals surface area contributed by atoms with Gasteiger partial charge in [0.15, 0.2) is 0 Å². The highest BCUT2D eigenvalue weighted by molar-refractivity contribution is 5.26. The summed E-state index contributed by atoms with van der Waals surface area (Å²) in [7, 11) is 1.74. The zero-order chi connectivity index (χ0) is 13.5. The maximum absolute atomic E-state index is 5.05. The molecule has 0 spiro atoms. The van der Waals surface area contributed by atoms with Crippen LogP contribution in [0.25, 0.3) is 0 Å². The number of methoxy groups -OCH3 is 1. The third kappa shape index (κ3) is 4.21. The van der Waals surface area contributed by atoms with Gasteiger partial charge in [0, 0.05) is 45.2 Å². The maximum Gasteiger partial charge on any atom is 0.203 e. The molecule has 1 N–H and O–H groups in total. The van der Waals surface area contributed by atoms with E-state index in [-0.39, 0.29) is 0 Å². The Morgan fingerprint density at radius 2 is 2.21 bits per heavy atom. The molecule has 2 rings (SSSR count). The SMILES string of the molecule is COCCCNc1nccn1C(C)CN1CCCC1. The van der Waals surface area contributed by atoms with Gasteiger partial charge in [-0.25, -0.2) is 4.98 Å². The lowest BCUT2D eigenvalue weighted by Gasteiger charge is -2.23. The molecular formula is C14H26N4O. The number of likely N-dealkylation sites (tertiary alicyclic amines) is 1. The van der Waals surface area contributed by atoms with Crippen LogP contribution in [0.15, 0.2) is 12.4 Å². The van der Waals surface area contributed by atoms with Crippen LogP contribution < -0.4 is 5.32 Å². The fourth-order valence-corrected chi connectivity index (χ4v) is 2.65. The van der Waals surface area contributed by atoms with E-state index in [1.54, 1.807) is 7.11 Å². The molecular weight excluding hydrogens is 240 g/mol. The van der Waals surface area contributed by atoms with Crippen molar-refractivity contribution in [1.82, 2.24) is 14.5 Å². The highest BCUT2D eigenvalue weighted by Gasteiger charge is 2.17. The Balaban J connectivity index is 1.83. The topological polar surface area (TPSA) is 42.3 Å². The molecule has 2 heterocycles. The first-order valence-corrected chi connectivity index (χ1v) is 7.29. The second-order valence-electron chi connectivity index (χ2n) is 5.29. The lowest BCUT2D eigenvalue weighted by molar-refractivity contribution is 0.197.